The van der Waals surface area contributed by atoms with Gasteiger partial charge in [-0.15, -0.1) is 0 Å². The third-order valence-electron chi connectivity index (χ3n) is 5.10. The molecule has 0 saturated heterocycles. The van der Waals surface area contributed by atoms with Crippen LogP contribution in [0.5, 0.6) is 0 Å². The van der Waals surface area contributed by atoms with Gasteiger partial charge in [-0.3, -0.25) is 9.89 Å². The summed E-state index contributed by atoms with van der Waals surface area (Å²) in [6, 6.07) is 18.3. The molecule has 0 saturated carbocycles. The van der Waals surface area contributed by atoms with Crippen LogP contribution in [0.2, 0.25) is 0 Å². The highest BCUT2D eigenvalue weighted by molar-refractivity contribution is 7.99. The Labute approximate surface area is 177 Å². The maximum Gasteiger partial charge on any atom is 0.236 e. The van der Waals surface area contributed by atoms with E-state index in [1.54, 1.807) is 4.68 Å². The van der Waals surface area contributed by atoms with E-state index in [-0.39, 0.29) is 11.7 Å². The minimum Gasteiger partial charge on any atom is -0.310 e. The van der Waals surface area contributed by atoms with Crippen LogP contribution < -0.4 is 5.32 Å². The largest absolute Gasteiger partial charge is 0.310 e. The first-order chi connectivity index (χ1) is 14.8. The summed E-state index contributed by atoms with van der Waals surface area (Å²) in [6.45, 7) is 0. The number of hydrogen-bond donors (Lipinski definition) is 2. The molecule has 4 aromatic rings. The van der Waals surface area contributed by atoms with Crippen molar-refractivity contribution in [2.45, 2.75) is 24.4 Å². The predicted molar refractivity (Wildman–Crippen MR) is 117 cm³/mol. The molecule has 1 aliphatic carbocycles. The normalized spacial score (nSPS) is 12.7. The van der Waals surface area contributed by atoms with Crippen molar-refractivity contribution in [3.63, 3.8) is 0 Å². The average molecular weight is 417 g/mol. The van der Waals surface area contributed by atoms with E-state index in [4.69, 9.17) is 5.10 Å². The van der Waals surface area contributed by atoms with Crippen molar-refractivity contribution in [3.05, 3.63) is 72.1 Å². The van der Waals surface area contributed by atoms with E-state index in [0.717, 1.165) is 29.8 Å². The Bertz CT molecular complexity index is 1170. The molecule has 0 atom stereocenters. The summed E-state index contributed by atoms with van der Waals surface area (Å²) in [5, 5.41) is 15.0. The molecule has 1 aliphatic rings. The highest BCUT2D eigenvalue weighted by Crippen LogP contribution is 2.30. The zero-order chi connectivity index (χ0) is 20.3. The second-order valence-electron chi connectivity index (χ2n) is 7.13. The minimum atomic E-state index is -0.131. The topological polar surface area (TPSA) is 88.5 Å². The van der Waals surface area contributed by atoms with E-state index < -0.39 is 0 Å². The van der Waals surface area contributed by atoms with Crippen molar-refractivity contribution in [1.82, 2.24) is 25.0 Å². The molecular weight excluding hydrogens is 396 g/mol. The third-order valence-corrected chi connectivity index (χ3v) is 5.98. The standard InChI is InChI=1S/C22H20N6OS/c29-21(13-30-22-23-14-24-26-22)25-20-12-19(27-28(20)18-7-2-1-3-8-18)17-10-9-15-5-4-6-16(15)11-17/h1-3,7-12,14H,4-6,13H2,(H,25,29)(H,23,24,26). The van der Waals surface area contributed by atoms with Crippen molar-refractivity contribution in [3.8, 4) is 16.9 Å². The number of nitrogens with one attached hydrogen (secondary N) is 2. The second kappa shape index (κ2) is 8.16. The third kappa shape index (κ3) is 3.86. The number of aromatic amines is 1. The lowest BCUT2D eigenvalue weighted by atomic mass is 10.0. The number of carbonyl (C=O) groups excluding carboxylic acids is 1. The number of anilines is 1. The van der Waals surface area contributed by atoms with Gasteiger partial charge in [0.25, 0.3) is 0 Å². The first kappa shape index (κ1) is 18.6. The van der Waals surface area contributed by atoms with Gasteiger partial charge in [0.15, 0.2) is 5.16 Å². The van der Waals surface area contributed by atoms with E-state index in [1.165, 1.54) is 35.6 Å². The van der Waals surface area contributed by atoms with Gasteiger partial charge in [-0.1, -0.05) is 42.1 Å². The van der Waals surface area contributed by atoms with Crippen LogP contribution in [0.3, 0.4) is 0 Å². The van der Waals surface area contributed by atoms with Gasteiger partial charge in [0.05, 0.1) is 17.1 Å². The van der Waals surface area contributed by atoms with Gasteiger partial charge in [0.2, 0.25) is 5.91 Å². The highest BCUT2D eigenvalue weighted by Gasteiger charge is 2.17. The average Bonchev–Trinajstić information content (AvgIpc) is 3.53. The Morgan fingerprint density at radius 1 is 1.10 bits per heavy atom. The number of hydrogen-bond acceptors (Lipinski definition) is 5. The molecule has 2 N–H and O–H groups in total. The molecule has 30 heavy (non-hydrogen) atoms. The number of para-hydroxylation sites is 1. The summed E-state index contributed by atoms with van der Waals surface area (Å²) in [5.41, 5.74) is 5.63. The lowest BCUT2D eigenvalue weighted by Gasteiger charge is -2.08. The molecule has 0 fully saturated rings. The van der Waals surface area contributed by atoms with Gasteiger partial charge in [-0.05, 0) is 48.6 Å². The Morgan fingerprint density at radius 3 is 2.80 bits per heavy atom. The Hall–Kier alpha value is -3.39. The van der Waals surface area contributed by atoms with Gasteiger partial charge >= 0.3 is 0 Å². The van der Waals surface area contributed by atoms with Crippen molar-refractivity contribution < 1.29 is 4.79 Å². The molecule has 2 aromatic heterocycles. The van der Waals surface area contributed by atoms with Crippen LogP contribution in [0.1, 0.15) is 17.5 Å². The van der Waals surface area contributed by atoms with Crippen molar-refractivity contribution in [2.75, 3.05) is 11.1 Å². The molecule has 0 unspecified atom stereocenters. The lowest BCUT2D eigenvalue weighted by Crippen LogP contribution is -2.17. The number of aromatic nitrogens is 5. The number of amides is 1. The van der Waals surface area contributed by atoms with E-state index >= 15 is 0 Å². The van der Waals surface area contributed by atoms with E-state index in [1.807, 2.05) is 36.4 Å². The van der Waals surface area contributed by atoms with Crippen LogP contribution in [0.4, 0.5) is 5.82 Å². The molecule has 2 aromatic carbocycles. The van der Waals surface area contributed by atoms with E-state index in [0.29, 0.717) is 11.0 Å². The summed E-state index contributed by atoms with van der Waals surface area (Å²) in [7, 11) is 0. The Morgan fingerprint density at radius 2 is 1.97 bits per heavy atom. The van der Waals surface area contributed by atoms with Gasteiger partial charge in [0, 0.05) is 11.6 Å². The van der Waals surface area contributed by atoms with Crippen molar-refractivity contribution in [2.24, 2.45) is 0 Å². The summed E-state index contributed by atoms with van der Waals surface area (Å²) in [6.07, 6.45) is 4.90. The zero-order valence-electron chi connectivity index (χ0n) is 16.2. The molecule has 2 heterocycles. The van der Waals surface area contributed by atoms with Gasteiger partial charge in [-0.25, -0.2) is 9.67 Å². The van der Waals surface area contributed by atoms with Gasteiger partial charge < -0.3 is 5.32 Å². The molecule has 0 radical (unpaired) electrons. The van der Waals surface area contributed by atoms with Crippen LogP contribution >= 0.6 is 11.8 Å². The fourth-order valence-corrected chi connectivity index (χ4v) is 4.26. The molecular formula is C22H20N6OS. The first-order valence-corrected chi connectivity index (χ1v) is 10.8. The summed E-state index contributed by atoms with van der Waals surface area (Å²) >= 11 is 1.30. The second-order valence-corrected chi connectivity index (χ2v) is 8.09. The Kier molecular flexibility index (Phi) is 5.06. The number of benzene rings is 2. The van der Waals surface area contributed by atoms with Crippen LogP contribution in [-0.4, -0.2) is 36.6 Å². The number of fused-ring (bicyclic) bond motifs is 1. The number of thioether (sulfide) groups is 1. The smallest absolute Gasteiger partial charge is 0.236 e. The number of aryl methyl sites for hydroxylation is 2. The molecule has 7 nitrogen and oxygen atoms in total. The fourth-order valence-electron chi connectivity index (χ4n) is 3.69. The number of H-pyrrole nitrogens is 1. The zero-order valence-corrected chi connectivity index (χ0v) is 17.0. The van der Waals surface area contributed by atoms with Crippen molar-refractivity contribution in [1.29, 1.82) is 0 Å². The molecule has 5 rings (SSSR count). The summed E-state index contributed by atoms with van der Waals surface area (Å²) in [5.74, 6) is 0.734. The van der Waals surface area contributed by atoms with Gasteiger partial charge in [0.1, 0.15) is 12.1 Å². The lowest BCUT2D eigenvalue weighted by molar-refractivity contribution is -0.113. The first-order valence-electron chi connectivity index (χ1n) is 9.82. The number of carbonyl (C=O) groups is 1. The Balaban J connectivity index is 1.44. The van der Waals surface area contributed by atoms with Crippen LogP contribution in [0.15, 0.2) is 66.1 Å². The quantitative estimate of drug-likeness (QED) is 0.466. The molecule has 8 heteroatoms. The summed E-state index contributed by atoms with van der Waals surface area (Å²) in [4.78, 5) is 16.6. The number of rotatable bonds is 6. The summed E-state index contributed by atoms with van der Waals surface area (Å²) < 4.78 is 1.78. The molecule has 150 valence electrons. The predicted octanol–water partition coefficient (Wildman–Crippen LogP) is 3.88. The highest BCUT2D eigenvalue weighted by atomic mass is 32.2. The number of nitrogens with zero attached hydrogens (tertiary/aromatic N) is 4. The molecule has 1 amide bonds. The van der Waals surface area contributed by atoms with Gasteiger partial charge in [-0.2, -0.15) is 10.2 Å². The maximum absolute atomic E-state index is 12.6. The molecule has 0 bridgehead atoms. The maximum atomic E-state index is 12.6. The van der Waals surface area contributed by atoms with Crippen LogP contribution in [0.25, 0.3) is 16.9 Å². The van der Waals surface area contributed by atoms with E-state index in [9.17, 15) is 4.79 Å². The van der Waals surface area contributed by atoms with Crippen molar-refractivity contribution >= 4 is 23.5 Å². The minimum absolute atomic E-state index is 0.131. The monoisotopic (exact) mass is 416 g/mol. The fraction of sp³-hybridized carbons (Fsp3) is 0.182. The van der Waals surface area contributed by atoms with Crippen LogP contribution in [-0.2, 0) is 17.6 Å². The molecule has 0 spiro atoms. The molecule has 0 aliphatic heterocycles. The van der Waals surface area contributed by atoms with E-state index in [2.05, 4.69) is 38.7 Å². The SMILES string of the molecule is O=C(CSc1ncn[nH]1)Nc1cc(-c2ccc3c(c2)CCC3)nn1-c1ccccc1. The van der Waals surface area contributed by atoms with Crippen LogP contribution in [0, 0.1) is 0 Å².